The van der Waals surface area contributed by atoms with Crippen LogP contribution in [0, 0.1) is 13.8 Å². The van der Waals surface area contributed by atoms with Crippen molar-refractivity contribution in [2.75, 3.05) is 0 Å². The number of H-pyrrole nitrogens is 1. The molecular formula is C23H20BrNOS. The summed E-state index contributed by atoms with van der Waals surface area (Å²) in [4.78, 5) is 4.68. The third kappa shape index (κ3) is 3.52. The van der Waals surface area contributed by atoms with Gasteiger partial charge < -0.3 is 10.1 Å². The average molecular weight is 438 g/mol. The van der Waals surface area contributed by atoms with Crippen molar-refractivity contribution < 1.29 is 5.11 Å². The molecule has 1 aromatic heterocycles. The van der Waals surface area contributed by atoms with E-state index in [2.05, 4.69) is 77.2 Å². The van der Waals surface area contributed by atoms with Crippen molar-refractivity contribution in [1.82, 2.24) is 4.98 Å². The van der Waals surface area contributed by atoms with E-state index in [1.165, 1.54) is 21.4 Å². The molecule has 0 saturated carbocycles. The SMILES string of the molecule is Cc1ccc(SC(c2cccc(Br)c2O)c2c(C)[nH]c3ccccc23)cc1. The quantitative estimate of drug-likeness (QED) is 0.333. The molecule has 1 unspecified atom stereocenters. The van der Waals surface area contributed by atoms with Gasteiger partial charge in [-0.15, -0.1) is 11.8 Å². The van der Waals surface area contributed by atoms with Gasteiger partial charge in [0.1, 0.15) is 5.75 Å². The number of halogens is 1. The Labute approximate surface area is 171 Å². The highest BCUT2D eigenvalue weighted by atomic mass is 79.9. The Morgan fingerprint density at radius 1 is 0.926 bits per heavy atom. The molecule has 0 saturated heterocycles. The van der Waals surface area contributed by atoms with Crippen LogP contribution in [0.3, 0.4) is 0 Å². The van der Waals surface area contributed by atoms with E-state index in [0.29, 0.717) is 10.2 Å². The normalized spacial score (nSPS) is 12.4. The zero-order valence-electron chi connectivity index (χ0n) is 15.2. The molecule has 1 atom stereocenters. The summed E-state index contributed by atoms with van der Waals surface area (Å²) in [5.74, 6) is 0.298. The van der Waals surface area contributed by atoms with E-state index >= 15 is 0 Å². The number of thioether (sulfide) groups is 1. The number of rotatable bonds is 4. The van der Waals surface area contributed by atoms with Crippen LogP contribution >= 0.6 is 27.7 Å². The maximum atomic E-state index is 10.8. The van der Waals surface area contributed by atoms with Gasteiger partial charge in [0.05, 0.1) is 9.72 Å². The van der Waals surface area contributed by atoms with E-state index in [1.807, 2.05) is 24.3 Å². The van der Waals surface area contributed by atoms with Crippen molar-refractivity contribution in [2.45, 2.75) is 24.0 Å². The molecule has 0 fully saturated rings. The Bertz CT molecular complexity index is 1100. The number of phenols is 1. The molecule has 0 spiro atoms. The Balaban J connectivity index is 1.91. The third-order valence-electron chi connectivity index (χ3n) is 4.78. The number of fused-ring (bicyclic) bond motifs is 1. The number of hydrogen-bond acceptors (Lipinski definition) is 2. The van der Waals surface area contributed by atoms with Crippen molar-refractivity contribution in [3.8, 4) is 5.75 Å². The lowest BCUT2D eigenvalue weighted by Gasteiger charge is -2.20. The highest BCUT2D eigenvalue weighted by Crippen LogP contribution is 2.48. The van der Waals surface area contributed by atoms with Crippen LogP contribution in [0.1, 0.15) is 27.6 Å². The van der Waals surface area contributed by atoms with Crippen molar-refractivity contribution in [3.63, 3.8) is 0 Å². The van der Waals surface area contributed by atoms with Crippen molar-refractivity contribution >= 4 is 38.6 Å². The number of aryl methyl sites for hydroxylation is 2. The van der Waals surface area contributed by atoms with Crippen LogP contribution in [-0.2, 0) is 0 Å². The van der Waals surface area contributed by atoms with E-state index in [-0.39, 0.29) is 5.25 Å². The summed E-state index contributed by atoms with van der Waals surface area (Å²) in [7, 11) is 0. The molecule has 4 heteroatoms. The summed E-state index contributed by atoms with van der Waals surface area (Å²) < 4.78 is 0.715. The predicted molar refractivity (Wildman–Crippen MR) is 118 cm³/mol. The fourth-order valence-electron chi connectivity index (χ4n) is 3.41. The Hall–Kier alpha value is -2.17. The molecular weight excluding hydrogens is 418 g/mol. The van der Waals surface area contributed by atoms with Gasteiger partial charge in [-0.3, -0.25) is 0 Å². The Kier molecular flexibility index (Phi) is 5.02. The predicted octanol–water partition coefficient (Wildman–Crippen LogP) is 7.13. The van der Waals surface area contributed by atoms with Gasteiger partial charge in [0.2, 0.25) is 0 Å². The number of hydrogen-bond donors (Lipinski definition) is 2. The maximum absolute atomic E-state index is 10.8. The first-order chi connectivity index (χ1) is 13.0. The van der Waals surface area contributed by atoms with Gasteiger partial charge >= 0.3 is 0 Å². The fourth-order valence-corrected chi connectivity index (χ4v) is 5.10. The minimum atomic E-state index is -0.0265. The standard InChI is InChI=1S/C23H20BrNOS/c1-14-10-12-16(13-11-14)27-23(18-7-5-8-19(24)22(18)26)21-15(2)25-20-9-4-3-6-17(20)21/h3-13,23,25-26H,1-2H3. The Morgan fingerprint density at radius 3 is 2.44 bits per heavy atom. The summed E-state index contributed by atoms with van der Waals surface area (Å²) in [6.07, 6.45) is 0. The van der Waals surface area contributed by atoms with Gasteiger partial charge in [0.15, 0.2) is 0 Å². The molecule has 3 aromatic carbocycles. The molecule has 1 heterocycles. The van der Waals surface area contributed by atoms with Crippen molar-refractivity contribution in [3.05, 3.63) is 93.6 Å². The largest absolute Gasteiger partial charge is 0.506 e. The zero-order chi connectivity index (χ0) is 19.0. The van der Waals surface area contributed by atoms with E-state index in [0.717, 1.165) is 16.8 Å². The molecule has 0 bridgehead atoms. The lowest BCUT2D eigenvalue weighted by Crippen LogP contribution is -1.99. The van der Waals surface area contributed by atoms with E-state index in [1.54, 1.807) is 11.8 Å². The number of benzene rings is 3. The van der Waals surface area contributed by atoms with Crippen molar-refractivity contribution in [2.24, 2.45) is 0 Å². The molecule has 136 valence electrons. The van der Waals surface area contributed by atoms with E-state index < -0.39 is 0 Å². The van der Waals surface area contributed by atoms with Gasteiger partial charge in [0, 0.05) is 27.1 Å². The molecule has 0 aliphatic heterocycles. The summed E-state index contributed by atoms with van der Waals surface area (Å²) >= 11 is 5.23. The molecule has 0 radical (unpaired) electrons. The number of para-hydroxylation sites is 2. The summed E-state index contributed by atoms with van der Waals surface area (Å²) in [6.45, 7) is 4.20. The molecule has 4 rings (SSSR count). The smallest absolute Gasteiger partial charge is 0.134 e. The fraction of sp³-hybridized carbons (Fsp3) is 0.130. The number of nitrogens with one attached hydrogen (secondary N) is 1. The number of aromatic amines is 1. The number of aromatic nitrogens is 1. The minimum absolute atomic E-state index is 0.0265. The van der Waals surface area contributed by atoms with Crippen molar-refractivity contribution in [1.29, 1.82) is 0 Å². The van der Waals surface area contributed by atoms with Gasteiger partial charge in [0.25, 0.3) is 0 Å². The van der Waals surface area contributed by atoms with Crippen LogP contribution in [0.15, 0.2) is 76.1 Å². The molecule has 27 heavy (non-hydrogen) atoms. The Morgan fingerprint density at radius 2 is 1.67 bits per heavy atom. The third-order valence-corrected chi connectivity index (χ3v) is 6.69. The zero-order valence-corrected chi connectivity index (χ0v) is 17.6. The second kappa shape index (κ2) is 7.45. The lowest BCUT2D eigenvalue weighted by molar-refractivity contribution is 0.465. The topological polar surface area (TPSA) is 36.0 Å². The van der Waals surface area contributed by atoms with Crippen LogP contribution in [0.2, 0.25) is 0 Å². The number of aromatic hydroxyl groups is 1. The average Bonchev–Trinajstić information content (AvgIpc) is 2.99. The van der Waals surface area contributed by atoms with Gasteiger partial charge in [-0.25, -0.2) is 0 Å². The minimum Gasteiger partial charge on any atom is -0.506 e. The molecule has 4 aromatic rings. The molecule has 2 N–H and O–H groups in total. The van der Waals surface area contributed by atoms with Crippen LogP contribution in [0.25, 0.3) is 10.9 Å². The van der Waals surface area contributed by atoms with Gasteiger partial charge in [-0.1, -0.05) is 48.0 Å². The van der Waals surface area contributed by atoms with Crippen LogP contribution < -0.4 is 0 Å². The second-order valence-electron chi connectivity index (χ2n) is 6.70. The molecule has 0 aliphatic rings. The van der Waals surface area contributed by atoms with Gasteiger partial charge in [-0.2, -0.15) is 0 Å². The highest BCUT2D eigenvalue weighted by Gasteiger charge is 2.25. The molecule has 0 aliphatic carbocycles. The van der Waals surface area contributed by atoms with Gasteiger partial charge in [-0.05, 0) is 59.6 Å². The summed E-state index contributed by atoms with van der Waals surface area (Å²) in [6, 6.07) is 22.7. The maximum Gasteiger partial charge on any atom is 0.134 e. The summed E-state index contributed by atoms with van der Waals surface area (Å²) in [5.41, 5.74) is 5.60. The highest BCUT2D eigenvalue weighted by molar-refractivity contribution is 9.10. The molecule has 0 amide bonds. The van der Waals surface area contributed by atoms with Crippen LogP contribution in [0.5, 0.6) is 5.75 Å². The molecule has 2 nitrogen and oxygen atoms in total. The first-order valence-electron chi connectivity index (χ1n) is 8.82. The lowest BCUT2D eigenvalue weighted by atomic mass is 10.0. The first kappa shape index (κ1) is 18.2. The second-order valence-corrected chi connectivity index (χ2v) is 8.73. The van der Waals surface area contributed by atoms with Crippen LogP contribution in [0.4, 0.5) is 0 Å². The monoisotopic (exact) mass is 437 g/mol. The van der Waals surface area contributed by atoms with Crippen LogP contribution in [-0.4, -0.2) is 10.1 Å². The van der Waals surface area contributed by atoms with E-state index in [9.17, 15) is 5.11 Å². The first-order valence-corrected chi connectivity index (χ1v) is 10.5. The van der Waals surface area contributed by atoms with E-state index in [4.69, 9.17) is 0 Å². The number of phenolic OH excluding ortho intramolecular Hbond substituents is 1. The summed E-state index contributed by atoms with van der Waals surface area (Å²) in [5, 5.41) is 11.9.